The third kappa shape index (κ3) is 4.39. The molecule has 3 rings (SSSR count). The van der Waals surface area contributed by atoms with Gasteiger partial charge in [-0.2, -0.15) is 0 Å². The zero-order chi connectivity index (χ0) is 20.0. The minimum Gasteiger partial charge on any atom is -0.493 e. The number of methoxy groups -OCH3 is 1. The Hall–Kier alpha value is -2.73. The Morgan fingerprint density at radius 1 is 1.18 bits per heavy atom. The van der Waals surface area contributed by atoms with Crippen molar-refractivity contribution < 1.29 is 14.6 Å². The summed E-state index contributed by atoms with van der Waals surface area (Å²) >= 11 is 0. The summed E-state index contributed by atoms with van der Waals surface area (Å²) in [6, 6.07) is 13.7. The number of benzene rings is 2. The van der Waals surface area contributed by atoms with Crippen molar-refractivity contribution in [1.29, 1.82) is 0 Å². The van der Waals surface area contributed by atoms with Crippen LogP contribution in [0.1, 0.15) is 31.4 Å². The molecule has 0 spiro atoms. The largest absolute Gasteiger partial charge is 0.493 e. The van der Waals surface area contributed by atoms with Crippen molar-refractivity contribution in [3.63, 3.8) is 0 Å². The van der Waals surface area contributed by atoms with E-state index in [4.69, 9.17) is 9.47 Å². The molecule has 0 saturated heterocycles. The monoisotopic (exact) mass is 383 g/mol. The van der Waals surface area contributed by atoms with Crippen LogP contribution in [-0.2, 0) is 12.0 Å². The first-order chi connectivity index (χ1) is 13.6. The number of nitrogens with one attached hydrogen (secondary N) is 2. The standard InChI is InChI=1S/C22H29N3O3/c1-4-23-21(25-17-10-11-19(28-5-2)20(14-17)27-3)24-15-22(26)13-12-16-8-6-7-9-18(16)22/h6-11,14,26H,4-5,12-13,15H2,1-3H3,(H2,23,24,25). The maximum Gasteiger partial charge on any atom is 0.195 e. The molecule has 0 saturated carbocycles. The molecule has 0 bridgehead atoms. The first-order valence-corrected chi connectivity index (χ1v) is 9.76. The molecule has 1 unspecified atom stereocenters. The van der Waals surface area contributed by atoms with Gasteiger partial charge < -0.3 is 25.2 Å². The van der Waals surface area contributed by atoms with E-state index in [9.17, 15) is 5.11 Å². The smallest absolute Gasteiger partial charge is 0.195 e. The molecular weight excluding hydrogens is 354 g/mol. The van der Waals surface area contributed by atoms with E-state index in [2.05, 4.69) is 21.7 Å². The normalized spacial score (nSPS) is 18.5. The lowest BCUT2D eigenvalue weighted by Gasteiger charge is -2.23. The SMILES string of the molecule is CCNC(=NCC1(O)CCc2ccccc21)Nc1ccc(OCC)c(OC)c1. The third-order valence-corrected chi connectivity index (χ3v) is 4.90. The molecule has 0 heterocycles. The number of aliphatic hydroxyl groups is 1. The Morgan fingerprint density at radius 3 is 2.75 bits per heavy atom. The van der Waals surface area contributed by atoms with Crippen molar-refractivity contribution in [3.05, 3.63) is 53.6 Å². The van der Waals surface area contributed by atoms with Gasteiger partial charge in [-0.15, -0.1) is 0 Å². The second kappa shape index (κ2) is 8.97. The van der Waals surface area contributed by atoms with Gasteiger partial charge in [-0.3, -0.25) is 0 Å². The van der Waals surface area contributed by atoms with Gasteiger partial charge >= 0.3 is 0 Å². The van der Waals surface area contributed by atoms with E-state index < -0.39 is 5.60 Å². The predicted octanol–water partition coefficient (Wildman–Crippen LogP) is 3.31. The van der Waals surface area contributed by atoms with Crippen LogP contribution in [0, 0.1) is 0 Å². The number of aliphatic imine (C=N–C) groups is 1. The van der Waals surface area contributed by atoms with Crippen LogP contribution < -0.4 is 20.1 Å². The van der Waals surface area contributed by atoms with Gasteiger partial charge in [-0.1, -0.05) is 24.3 Å². The zero-order valence-electron chi connectivity index (χ0n) is 16.8. The molecule has 6 nitrogen and oxygen atoms in total. The molecule has 2 aromatic rings. The van der Waals surface area contributed by atoms with Crippen LogP contribution in [0.25, 0.3) is 0 Å². The number of anilines is 1. The number of guanidine groups is 1. The van der Waals surface area contributed by atoms with E-state index in [0.717, 1.165) is 24.2 Å². The zero-order valence-corrected chi connectivity index (χ0v) is 16.8. The molecule has 2 aromatic carbocycles. The van der Waals surface area contributed by atoms with E-state index >= 15 is 0 Å². The summed E-state index contributed by atoms with van der Waals surface area (Å²) in [5.74, 6) is 1.98. The Labute approximate surface area is 166 Å². The maximum atomic E-state index is 11.1. The fourth-order valence-corrected chi connectivity index (χ4v) is 3.51. The molecule has 0 radical (unpaired) electrons. The molecule has 1 atom stereocenters. The lowest BCUT2D eigenvalue weighted by Crippen LogP contribution is -2.34. The van der Waals surface area contributed by atoms with Gasteiger partial charge in [0.15, 0.2) is 17.5 Å². The Bertz CT molecular complexity index is 838. The Kier molecular flexibility index (Phi) is 6.41. The van der Waals surface area contributed by atoms with Crippen LogP contribution in [0.15, 0.2) is 47.5 Å². The first kappa shape index (κ1) is 20.0. The summed E-state index contributed by atoms with van der Waals surface area (Å²) in [7, 11) is 1.62. The second-order valence-corrected chi connectivity index (χ2v) is 6.81. The van der Waals surface area contributed by atoms with Crippen LogP contribution in [0.3, 0.4) is 0 Å². The van der Waals surface area contributed by atoms with E-state index in [1.807, 2.05) is 50.2 Å². The van der Waals surface area contributed by atoms with E-state index in [1.165, 1.54) is 5.56 Å². The predicted molar refractivity (Wildman–Crippen MR) is 112 cm³/mol. The van der Waals surface area contributed by atoms with Gasteiger partial charge in [0.25, 0.3) is 0 Å². The number of hydrogen-bond donors (Lipinski definition) is 3. The van der Waals surface area contributed by atoms with Crippen molar-refractivity contribution in [2.75, 3.05) is 32.1 Å². The molecule has 6 heteroatoms. The van der Waals surface area contributed by atoms with Crippen LogP contribution in [0.5, 0.6) is 11.5 Å². The summed E-state index contributed by atoms with van der Waals surface area (Å²) in [5, 5.41) is 17.6. The van der Waals surface area contributed by atoms with Crippen molar-refractivity contribution in [1.82, 2.24) is 5.32 Å². The summed E-state index contributed by atoms with van der Waals surface area (Å²) in [6.45, 7) is 5.54. The summed E-state index contributed by atoms with van der Waals surface area (Å²) < 4.78 is 11.0. The first-order valence-electron chi connectivity index (χ1n) is 9.76. The molecule has 0 fully saturated rings. The van der Waals surface area contributed by atoms with Crippen molar-refractivity contribution in [2.45, 2.75) is 32.3 Å². The highest BCUT2D eigenvalue weighted by Crippen LogP contribution is 2.37. The quantitative estimate of drug-likeness (QED) is 0.505. The van der Waals surface area contributed by atoms with E-state index in [-0.39, 0.29) is 0 Å². The molecule has 0 amide bonds. The molecular formula is C22H29N3O3. The summed E-state index contributed by atoms with van der Waals surface area (Å²) in [5.41, 5.74) is 2.10. The van der Waals surface area contributed by atoms with Crippen molar-refractivity contribution in [2.24, 2.45) is 4.99 Å². The fraction of sp³-hybridized carbons (Fsp3) is 0.409. The van der Waals surface area contributed by atoms with Crippen LogP contribution >= 0.6 is 0 Å². The molecule has 28 heavy (non-hydrogen) atoms. The van der Waals surface area contributed by atoms with Gasteiger partial charge in [0.05, 0.1) is 20.3 Å². The fourth-order valence-electron chi connectivity index (χ4n) is 3.51. The number of ether oxygens (including phenoxy) is 2. The average molecular weight is 383 g/mol. The molecule has 150 valence electrons. The number of fused-ring (bicyclic) bond motifs is 1. The highest BCUT2D eigenvalue weighted by molar-refractivity contribution is 5.94. The van der Waals surface area contributed by atoms with Gasteiger partial charge in [0.1, 0.15) is 5.60 Å². The number of nitrogens with zero attached hydrogens (tertiary/aromatic N) is 1. The molecule has 3 N–H and O–H groups in total. The maximum absolute atomic E-state index is 11.1. The molecule has 0 aromatic heterocycles. The third-order valence-electron chi connectivity index (χ3n) is 4.90. The van der Waals surface area contributed by atoms with Gasteiger partial charge in [0, 0.05) is 18.3 Å². The summed E-state index contributed by atoms with van der Waals surface area (Å²) in [4.78, 5) is 4.65. The summed E-state index contributed by atoms with van der Waals surface area (Å²) in [6.07, 6.45) is 1.56. The lowest BCUT2D eigenvalue weighted by molar-refractivity contribution is 0.0486. The molecule has 0 aliphatic heterocycles. The van der Waals surface area contributed by atoms with Gasteiger partial charge in [0.2, 0.25) is 0 Å². The average Bonchev–Trinajstić information content (AvgIpc) is 3.05. The second-order valence-electron chi connectivity index (χ2n) is 6.81. The number of rotatable bonds is 7. The minimum absolute atomic E-state index is 0.299. The molecule has 1 aliphatic carbocycles. The van der Waals surface area contributed by atoms with E-state index in [1.54, 1.807) is 7.11 Å². The van der Waals surface area contributed by atoms with Gasteiger partial charge in [-0.25, -0.2) is 4.99 Å². The van der Waals surface area contributed by atoms with Crippen molar-refractivity contribution >= 4 is 11.6 Å². The topological polar surface area (TPSA) is 75.1 Å². The Morgan fingerprint density at radius 2 is 2.00 bits per heavy atom. The van der Waals surface area contributed by atoms with Crippen LogP contribution in [-0.4, -0.2) is 37.9 Å². The lowest BCUT2D eigenvalue weighted by atomic mass is 9.96. The van der Waals surface area contributed by atoms with Crippen molar-refractivity contribution in [3.8, 4) is 11.5 Å². The number of hydrogen-bond acceptors (Lipinski definition) is 4. The van der Waals surface area contributed by atoms with Gasteiger partial charge in [-0.05, 0) is 49.9 Å². The highest BCUT2D eigenvalue weighted by atomic mass is 16.5. The highest BCUT2D eigenvalue weighted by Gasteiger charge is 2.36. The molecule has 1 aliphatic rings. The minimum atomic E-state index is -0.921. The van der Waals surface area contributed by atoms with Crippen LogP contribution in [0.2, 0.25) is 0 Å². The Balaban J connectivity index is 1.77. The van der Waals surface area contributed by atoms with Crippen LogP contribution in [0.4, 0.5) is 5.69 Å². The van der Waals surface area contributed by atoms with E-state index in [0.29, 0.717) is 37.0 Å². The number of aryl methyl sites for hydroxylation is 1.